The molecule has 50 atom stereocenters. The van der Waals surface area contributed by atoms with Gasteiger partial charge in [0.25, 0.3) is 0 Å². The van der Waals surface area contributed by atoms with Gasteiger partial charge in [0, 0.05) is 20.8 Å². The van der Waals surface area contributed by atoms with E-state index in [1.54, 1.807) is 0 Å². The normalized spacial score (nSPS) is 50.4. The van der Waals surface area contributed by atoms with E-state index in [0.717, 1.165) is 20.8 Å². The fourth-order valence-electron chi connectivity index (χ4n) is 15.4. The Kier molecular flexibility index (Phi) is 35.4. The molecule has 0 aliphatic carbocycles. The van der Waals surface area contributed by atoms with Gasteiger partial charge in [0.15, 0.2) is 62.9 Å². The summed E-state index contributed by atoms with van der Waals surface area (Å²) in [6, 6.07) is -5.79. The lowest BCUT2D eigenvalue weighted by Crippen LogP contribution is -2.70. The zero-order valence-electron chi connectivity index (χ0n) is 63.9. The van der Waals surface area contributed by atoms with Crippen LogP contribution in [0, 0.1) is 0 Å². The van der Waals surface area contributed by atoms with Crippen molar-refractivity contribution in [3.63, 3.8) is 0 Å². The maximum Gasteiger partial charge on any atom is 0.217 e. The van der Waals surface area contributed by atoms with Crippen LogP contribution in [0.5, 0.6) is 0 Å². The van der Waals surface area contributed by atoms with Crippen molar-refractivity contribution in [1.29, 1.82) is 0 Å². The number of rotatable bonds is 31. The number of aliphatic hydroxyl groups is 29. The minimum Gasteiger partial charge on any atom is -0.394 e. The highest BCUT2D eigenvalue weighted by molar-refractivity contribution is 5.74. The van der Waals surface area contributed by atoms with Crippen LogP contribution in [0.15, 0.2) is 0 Å². The van der Waals surface area contributed by atoms with E-state index in [9.17, 15) is 162 Å². The molecule has 10 saturated heterocycles. The predicted molar refractivity (Wildman–Crippen MR) is 364 cm³/mol. The second kappa shape index (κ2) is 43.1. The molecule has 120 heavy (non-hydrogen) atoms. The largest absolute Gasteiger partial charge is 0.394 e. The summed E-state index contributed by atoms with van der Waals surface area (Å²) in [5.41, 5.74) is 0. The topological polar surface area (TPSA) is 849 Å². The number of hydrogen-bond donors (Lipinski definition) is 32. The molecule has 32 N–H and O–H groups in total. The van der Waals surface area contributed by atoms with E-state index in [1.165, 1.54) is 0 Å². The lowest BCUT2D eigenvalue weighted by atomic mass is 9.94. The molecule has 0 aromatic rings. The van der Waals surface area contributed by atoms with Gasteiger partial charge >= 0.3 is 0 Å². The summed E-state index contributed by atoms with van der Waals surface area (Å²) in [7, 11) is 0. The molecule has 3 amide bonds. The van der Waals surface area contributed by atoms with Crippen LogP contribution in [0.3, 0.4) is 0 Å². The molecule has 54 heteroatoms. The minimum atomic E-state index is -2.57. The van der Waals surface area contributed by atoms with Gasteiger partial charge in [0.05, 0.1) is 66.1 Å². The Labute approximate surface area is 678 Å². The first-order valence-corrected chi connectivity index (χ1v) is 38.2. The Bertz CT molecular complexity index is 3170. The fraction of sp³-hybridized carbons (Fsp3) is 0.955. The second-order valence-corrected chi connectivity index (χ2v) is 30.3. The van der Waals surface area contributed by atoms with Gasteiger partial charge in [-0.1, -0.05) is 0 Å². The van der Waals surface area contributed by atoms with Crippen molar-refractivity contribution < 1.29 is 252 Å². The Hall–Kier alpha value is -3.51. The minimum absolute atomic E-state index is 0.909. The van der Waals surface area contributed by atoms with E-state index in [2.05, 4.69) is 16.0 Å². The molecular formula is C66H111N3O51. The zero-order valence-corrected chi connectivity index (χ0v) is 63.9. The maximum absolute atomic E-state index is 13.1. The number of nitrogens with one attached hydrogen (secondary N) is 3. The number of aliphatic hydroxyl groups excluding tert-OH is 29. The molecule has 696 valence electrons. The van der Waals surface area contributed by atoms with Crippen molar-refractivity contribution in [3.05, 3.63) is 0 Å². The molecule has 0 spiro atoms. The standard InChI is InChI=1S/C66H111N3O51/c1-14(78)67-27-36(87)50(114-61-46(97)39(90)30(81)17(4-70)105-61)22(9-75)109-58(27)102-12-25-34(85)43(94)55(119-59-28(68-15(2)79)37(88)51(23(10-76)110-59)115-62-47(98)40(91)31(82)18(5-71)106-62)65(113-25)103-13-26-35(86)54(49(100)64(112-26)117-53-21(8-74)104-57(101)45(96)44(53)95)118-66-56(42(93)33(84)20(7-73)108-66)120-60-29(69-16(3)80)38(89)52(24(11-77)111-60)116-63-48(99)41(92)32(83)19(6-72)107-63/h17-66,70-77,81-101H,4-13H2,1-3H3,(H,67,78)(H,68,79)(H,69,80)/t17-,18-,19-,20-,21-,22-,23-,24-,25-,26-,27-,28-,29-,30+,31+,32+,33-,34-,35-,36-,37-,38-,39+,40+,41+,42+,43+,44-,45-,46-,47-,48-,49+,50-,51-,52-,53-,54+,55+,56+,57?,58-,59+,60+,61+,62+,63+,64+,65+,66-/m1/s1. The van der Waals surface area contributed by atoms with Crippen LogP contribution < -0.4 is 16.0 Å². The third-order valence-corrected chi connectivity index (χ3v) is 22.1. The summed E-state index contributed by atoms with van der Waals surface area (Å²) < 4.78 is 112. The summed E-state index contributed by atoms with van der Waals surface area (Å²) in [5, 5.41) is 327. The van der Waals surface area contributed by atoms with Crippen LogP contribution in [0.1, 0.15) is 20.8 Å². The van der Waals surface area contributed by atoms with Crippen LogP contribution >= 0.6 is 0 Å². The SMILES string of the molecule is CC(=O)N[C@H]1[C@H](OC[C@H]2O[C@H](OC[C@H]3O[C@@H](O[C@H]4[C@H](O)[C@@H](O)C(O)O[C@@H]4CO)[C@@H](O)[C@@H](O[C@H]4O[C@H](CO)[C@@H](O)[C@H](O)[C@@H]4O[C@@H]4O[C@H](CO)[C@@H](O[C@@H]5O[C@H](CO)[C@H](O)[C@H](O)[C@H]5O)[C@H](O)[C@H]4NC(C)=O)[C@@H]3O)[C@@H](O[C@@H]3O[C@H](CO)[C@@H](O[C@@H]4O[C@H](CO)[C@H](O)[C@H](O)[C@H]4O)[C@H](O)[C@H]3NC(C)=O)[C@@H](O)[C@@H]2O)O[C@H](CO)[C@@H](O[C@@H]2O[C@H](CO)[C@H](O)[C@H](O)[C@H]2O)[C@@H]1O. The van der Waals surface area contributed by atoms with Gasteiger partial charge in [-0.25, -0.2) is 0 Å². The third kappa shape index (κ3) is 21.4. The van der Waals surface area contributed by atoms with Crippen LogP contribution in [-0.2, 0) is 104 Å². The molecule has 0 bridgehead atoms. The lowest BCUT2D eigenvalue weighted by Gasteiger charge is -2.51. The molecule has 10 heterocycles. The third-order valence-electron chi connectivity index (χ3n) is 22.1. The molecule has 0 aromatic heterocycles. The average Bonchev–Trinajstić information content (AvgIpc) is 0.767. The van der Waals surface area contributed by atoms with Gasteiger partial charge < -0.3 is 254 Å². The number of hydrogen-bond acceptors (Lipinski definition) is 51. The molecular weight excluding hydrogens is 1650 g/mol. The number of ether oxygens (including phenoxy) is 19. The van der Waals surface area contributed by atoms with Gasteiger partial charge in [-0.15, -0.1) is 0 Å². The lowest BCUT2D eigenvalue weighted by molar-refractivity contribution is -0.399. The monoisotopic (exact) mass is 1760 g/mol. The Morgan fingerprint density at radius 1 is 0.217 bits per heavy atom. The molecule has 0 aromatic carbocycles. The molecule has 54 nitrogen and oxygen atoms in total. The van der Waals surface area contributed by atoms with Gasteiger partial charge in [-0.2, -0.15) is 0 Å². The molecule has 10 fully saturated rings. The Morgan fingerprint density at radius 3 is 0.825 bits per heavy atom. The number of amides is 3. The summed E-state index contributed by atoms with van der Waals surface area (Å²) in [4.78, 5) is 38.9. The Morgan fingerprint density at radius 2 is 0.458 bits per heavy atom. The molecule has 0 saturated carbocycles. The number of carbonyl (C=O) groups is 3. The quantitative estimate of drug-likeness (QED) is 0.0306. The fourth-order valence-corrected chi connectivity index (χ4v) is 15.4. The van der Waals surface area contributed by atoms with E-state index in [0.29, 0.717) is 0 Å². The maximum atomic E-state index is 13.1. The zero-order chi connectivity index (χ0) is 88.2. The first-order chi connectivity index (χ1) is 56.8. The van der Waals surface area contributed by atoms with Crippen molar-refractivity contribution in [2.75, 3.05) is 66.1 Å². The molecule has 10 aliphatic heterocycles. The van der Waals surface area contributed by atoms with Crippen LogP contribution in [-0.4, -0.2) is 539 Å². The Balaban J connectivity index is 0.983. The molecule has 10 aliphatic rings. The van der Waals surface area contributed by atoms with Crippen molar-refractivity contribution in [2.24, 2.45) is 0 Å². The van der Waals surface area contributed by atoms with Gasteiger partial charge in [0.2, 0.25) is 17.7 Å². The van der Waals surface area contributed by atoms with Gasteiger partial charge in [-0.3, -0.25) is 14.4 Å². The van der Waals surface area contributed by atoms with E-state index >= 15 is 0 Å². The van der Waals surface area contributed by atoms with E-state index in [1.807, 2.05) is 0 Å². The van der Waals surface area contributed by atoms with E-state index < -0.39 is 391 Å². The summed E-state index contributed by atoms with van der Waals surface area (Å²) in [5.74, 6) is -2.87. The summed E-state index contributed by atoms with van der Waals surface area (Å²) in [6.07, 6.45) is -99.3. The van der Waals surface area contributed by atoms with E-state index in [-0.39, 0.29) is 0 Å². The highest BCUT2D eigenvalue weighted by atomic mass is 16.8. The van der Waals surface area contributed by atoms with Crippen LogP contribution in [0.2, 0.25) is 0 Å². The van der Waals surface area contributed by atoms with Crippen molar-refractivity contribution in [3.8, 4) is 0 Å². The van der Waals surface area contributed by atoms with Crippen molar-refractivity contribution in [2.45, 2.75) is 328 Å². The average molecular weight is 1760 g/mol. The summed E-state index contributed by atoms with van der Waals surface area (Å²) >= 11 is 0. The van der Waals surface area contributed by atoms with E-state index in [4.69, 9.17) is 90.0 Å². The summed E-state index contributed by atoms with van der Waals surface area (Å²) in [6.45, 7) is -8.25. The second-order valence-electron chi connectivity index (χ2n) is 30.3. The highest BCUT2D eigenvalue weighted by Crippen LogP contribution is 2.40. The smallest absolute Gasteiger partial charge is 0.217 e. The highest BCUT2D eigenvalue weighted by Gasteiger charge is 2.61. The molecule has 0 radical (unpaired) electrons. The molecule has 1 unspecified atom stereocenters. The predicted octanol–water partition coefficient (Wildman–Crippen LogP) is -22.4. The van der Waals surface area contributed by atoms with Crippen molar-refractivity contribution in [1.82, 2.24) is 16.0 Å². The van der Waals surface area contributed by atoms with Crippen LogP contribution in [0.4, 0.5) is 0 Å². The molecule has 10 rings (SSSR count). The van der Waals surface area contributed by atoms with Crippen LogP contribution in [0.25, 0.3) is 0 Å². The van der Waals surface area contributed by atoms with Gasteiger partial charge in [0.1, 0.15) is 244 Å². The van der Waals surface area contributed by atoms with Crippen molar-refractivity contribution >= 4 is 17.7 Å². The first-order valence-electron chi connectivity index (χ1n) is 38.2. The number of carbonyl (C=O) groups excluding carboxylic acids is 3. The first kappa shape index (κ1) is 98.7. The van der Waals surface area contributed by atoms with Gasteiger partial charge in [-0.05, 0) is 0 Å².